The van der Waals surface area contributed by atoms with Gasteiger partial charge in [-0.1, -0.05) is 28.5 Å². The average Bonchev–Trinajstić information content (AvgIpc) is 2.42. The molecule has 0 saturated carbocycles. The number of hydrogen-bond donors (Lipinski definition) is 1. The fourth-order valence-corrected chi connectivity index (χ4v) is 3.55. The van der Waals surface area contributed by atoms with Crippen LogP contribution in [0.3, 0.4) is 0 Å². The van der Waals surface area contributed by atoms with Gasteiger partial charge in [0.2, 0.25) is 5.91 Å². The Bertz CT molecular complexity index is 309. The molecule has 1 amide bonds. The van der Waals surface area contributed by atoms with Gasteiger partial charge in [0.15, 0.2) is 0 Å². The van der Waals surface area contributed by atoms with Crippen LogP contribution in [0.15, 0.2) is 0 Å². The first-order valence-corrected chi connectivity index (χ1v) is 9.84. The van der Waals surface area contributed by atoms with Crippen molar-refractivity contribution in [3.63, 3.8) is 0 Å². The molecule has 0 aliphatic heterocycles. The summed E-state index contributed by atoms with van der Waals surface area (Å²) >= 11 is 0. The molecule has 0 unspecified atom stereocenters. The summed E-state index contributed by atoms with van der Waals surface area (Å²) in [5, 5.41) is 2.95. The van der Waals surface area contributed by atoms with Crippen molar-refractivity contribution in [1.82, 2.24) is 5.32 Å². The quantitative estimate of drug-likeness (QED) is 0.413. The molecule has 0 spiro atoms. The largest absolute Gasteiger partial charge is 0.381 e. The minimum atomic E-state index is 0.0360. The minimum absolute atomic E-state index is 0.0360. The van der Waals surface area contributed by atoms with E-state index in [0.29, 0.717) is 32.6 Å². The lowest BCUT2D eigenvalue weighted by atomic mass is 10.2. The number of hydrogen-bond acceptors (Lipinski definition) is 5. The summed E-state index contributed by atoms with van der Waals surface area (Å²) in [6.07, 6.45) is 2.75. The van der Waals surface area contributed by atoms with Gasteiger partial charge in [-0.05, 0) is 33.6 Å². The van der Waals surface area contributed by atoms with E-state index in [1.807, 2.05) is 10.8 Å². The van der Waals surface area contributed by atoms with Crippen LogP contribution in [-0.4, -0.2) is 41.9 Å². The monoisotopic (exact) mass is 335 g/mol. The summed E-state index contributed by atoms with van der Waals surface area (Å²) in [7, 11) is 3.62. The number of unbranched alkanes of at least 4 members (excludes halogenated alkanes) is 1. The molecule has 0 aliphatic rings. The van der Waals surface area contributed by atoms with Crippen molar-refractivity contribution in [3.05, 3.63) is 0 Å². The fourth-order valence-electron chi connectivity index (χ4n) is 1.49. The van der Waals surface area contributed by atoms with Crippen molar-refractivity contribution < 1.29 is 14.3 Å². The number of ketones is 1. The van der Waals surface area contributed by atoms with E-state index in [2.05, 4.69) is 26.1 Å². The van der Waals surface area contributed by atoms with Gasteiger partial charge in [-0.3, -0.25) is 4.79 Å². The third-order valence-corrected chi connectivity index (χ3v) is 6.02. The van der Waals surface area contributed by atoms with Crippen LogP contribution >= 0.6 is 21.6 Å². The molecule has 0 heterocycles. The summed E-state index contributed by atoms with van der Waals surface area (Å²) in [6.45, 7) is 9.72. The van der Waals surface area contributed by atoms with E-state index in [9.17, 15) is 9.59 Å². The van der Waals surface area contributed by atoms with Gasteiger partial charge in [0, 0.05) is 36.5 Å². The Kier molecular flexibility index (Phi) is 12.2. The van der Waals surface area contributed by atoms with Crippen LogP contribution in [0, 0.1) is 0 Å². The summed E-state index contributed by atoms with van der Waals surface area (Å²) < 4.78 is 5.45. The number of carbonyl (C=O) groups excluding carboxylic acids is 2. The molecule has 6 heteroatoms. The number of carbonyl (C=O) groups is 2. The molecule has 0 aliphatic carbocycles. The van der Waals surface area contributed by atoms with Crippen LogP contribution in [0.5, 0.6) is 0 Å². The molecule has 0 atom stereocenters. The van der Waals surface area contributed by atoms with Crippen LogP contribution in [0.1, 0.15) is 53.4 Å². The van der Waals surface area contributed by atoms with Crippen LogP contribution in [0.4, 0.5) is 0 Å². The van der Waals surface area contributed by atoms with Crippen LogP contribution in [0.2, 0.25) is 0 Å². The fraction of sp³-hybridized carbons (Fsp3) is 0.867. The van der Waals surface area contributed by atoms with E-state index >= 15 is 0 Å². The second kappa shape index (κ2) is 12.4. The molecule has 0 aromatic heterocycles. The van der Waals surface area contributed by atoms with Crippen molar-refractivity contribution in [1.29, 1.82) is 0 Å². The highest BCUT2D eigenvalue weighted by Crippen LogP contribution is 2.34. The highest BCUT2D eigenvalue weighted by atomic mass is 33.1. The maximum Gasteiger partial charge on any atom is 0.222 e. The number of amides is 1. The van der Waals surface area contributed by atoms with Crippen LogP contribution in [-0.2, 0) is 14.3 Å². The van der Waals surface area contributed by atoms with E-state index in [1.165, 1.54) is 0 Å². The van der Waals surface area contributed by atoms with Gasteiger partial charge in [-0.2, -0.15) is 0 Å². The second-order valence-corrected chi connectivity index (χ2v) is 8.84. The Morgan fingerprint density at radius 3 is 2.48 bits per heavy atom. The molecule has 21 heavy (non-hydrogen) atoms. The van der Waals surface area contributed by atoms with Crippen molar-refractivity contribution >= 4 is 33.3 Å². The normalized spacial score (nSPS) is 11.4. The smallest absolute Gasteiger partial charge is 0.222 e. The van der Waals surface area contributed by atoms with Crippen LogP contribution in [0.25, 0.3) is 0 Å². The molecule has 0 aromatic rings. The van der Waals surface area contributed by atoms with Gasteiger partial charge in [-0.15, -0.1) is 0 Å². The van der Waals surface area contributed by atoms with Gasteiger partial charge < -0.3 is 14.8 Å². The van der Waals surface area contributed by atoms with Gasteiger partial charge in [0.05, 0.1) is 6.61 Å². The number of Topliss-reactive ketones (excluding diaryl/α,β-unsaturated/α-hetero) is 1. The first kappa shape index (κ1) is 20.8. The molecule has 4 nitrogen and oxygen atoms in total. The second-order valence-electron chi connectivity index (χ2n) is 5.55. The number of ether oxygens (including phenoxy) is 1. The highest BCUT2D eigenvalue weighted by molar-refractivity contribution is 8.77. The molecule has 0 radical (unpaired) electrons. The zero-order valence-electron chi connectivity index (χ0n) is 13.7. The lowest BCUT2D eigenvalue weighted by Crippen LogP contribution is -2.36. The molecular weight excluding hydrogens is 306 g/mol. The van der Waals surface area contributed by atoms with E-state index < -0.39 is 0 Å². The predicted molar refractivity (Wildman–Crippen MR) is 92.8 cm³/mol. The lowest BCUT2D eigenvalue weighted by Gasteiger charge is -2.23. The first-order chi connectivity index (χ1) is 9.87. The Hall–Kier alpha value is -0.200. The van der Waals surface area contributed by atoms with Crippen molar-refractivity contribution in [2.24, 2.45) is 0 Å². The maximum absolute atomic E-state index is 11.7. The summed E-state index contributed by atoms with van der Waals surface area (Å²) in [5.74, 6) is 1.32. The Labute approximate surface area is 136 Å². The molecule has 0 fully saturated rings. The minimum Gasteiger partial charge on any atom is -0.381 e. The zero-order chi connectivity index (χ0) is 16.1. The molecule has 0 aromatic carbocycles. The summed E-state index contributed by atoms with van der Waals surface area (Å²) in [5.41, 5.74) is 0. The van der Waals surface area contributed by atoms with Crippen molar-refractivity contribution in [2.75, 3.05) is 25.5 Å². The molecule has 0 saturated heterocycles. The van der Waals surface area contributed by atoms with Crippen molar-refractivity contribution in [2.45, 2.75) is 58.1 Å². The van der Waals surface area contributed by atoms with E-state index in [4.69, 9.17) is 4.74 Å². The third kappa shape index (κ3) is 14.5. The Morgan fingerprint density at radius 1 is 1.14 bits per heavy atom. The number of nitrogens with one attached hydrogen (secondary N) is 1. The predicted octanol–water partition coefficient (Wildman–Crippen LogP) is 3.45. The molecule has 0 rings (SSSR count). The van der Waals surface area contributed by atoms with Gasteiger partial charge >= 0.3 is 0 Å². The Balaban J connectivity index is 3.52. The first-order valence-electron chi connectivity index (χ1n) is 7.52. The van der Waals surface area contributed by atoms with E-state index in [0.717, 1.165) is 18.6 Å². The zero-order valence-corrected chi connectivity index (χ0v) is 15.3. The molecular formula is C15H29NO3S2. The van der Waals surface area contributed by atoms with E-state index in [1.54, 1.807) is 17.7 Å². The third-order valence-electron chi connectivity index (χ3n) is 2.65. The van der Waals surface area contributed by atoms with Gasteiger partial charge in [0.25, 0.3) is 0 Å². The van der Waals surface area contributed by atoms with Gasteiger partial charge in [0.1, 0.15) is 5.78 Å². The summed E-state index contributed by atoms with van der Waals surface area (Å²) in [6, 6.07) is 0. The highest BCUT2D eigenvalue weighted by Gasteiger charge is 2.19. The van der Waals surface area contributed by atoms with Gasteiger partial charge in [-0.25, -0.2) is 0 Å². The molecule has 124 valence electrons. The number of rotatable bonds is 13. The SMILES string of the molecule is CCSSC(C)(C)CNC(=O)CCOCCCCC(C)=O. The maximum atomic E-state index is 11.7. The molecule has 1 N–H and O–H groups in total. The van der Waals surface area contributed by atoms with Crippen molar-refractivity contribution in [3.8, 4) is 0 Å². The topological polar surface area (TPSA) is 55.4 Å². The standard InChI is InChI=1S/C15H29NO3S2/c1-5-20-21-15(3,4)12-16-14(18)9-11-19-10-7-6-8-13(2)17/h5-12H2,1-4H3,(H,16,18). The Morgan fingerprint density at radius 2 is 1.86 bits per heavy atom. The van der Waals surface area contributed by atoms with Crippen LogP contribution < -0.4 is 5.32 Å². The summed E-state index contributed by atoms with van der Waals surface area (Å²) in [4.78, 5) is 22.4. The lowest BCUT2D eigenvalue weighted by molar-refractivity contribution is -0.122. The molecule has 0 bridgehead atoms. The van der Waals surface area contributed by atoms with E-state index in [-0.39, 0.29) is 16.4 Å². The average molecular weight is 336 g/mol.